The highest BCUT2D eigenvalue weighted by atomic mass is 32.1. The molecular formula is C15H14N2O3S. The molecule has 1 N–H and O–H groups in total. The van der Waals surface area contributed by atoms with E-state index in [-0.39, 0.29) is 11.5 Å². The van der Waals surface area contributed by atoms with Crippen LogP contribution in [0.1, 0.15) is 26.5 Å². The summed E-state index contributed by atoms with van der Waals surface area (Å²) in [6.45, 7) is 2.51. The first-order valence-corrected chi connectivity index (χ1v) is 7.50. The minimum absolute atomic E-state index is 0.0229. The number of fused-ring (bicyclic) bond motifs is 1. The van der Waals surface area contributed by atoms with Crippen LogP contribution >= 0.6 is 11.3 Å². The second-order valence-corrected chi connectivity index (χ2v) is 5.92. The number of carbonyl (C=O) groups is 2. The topological polar surface area (TPSA) is 70.5 Å². The molecule has 0 aliphatic carbocycles. The van der Waals surface area contributed by atoms with E-state index in [1.165, 1.54) is 0 Å². The van der Waals surface area contributed by atoms with E-state index in [9.17, 15) is 9.59 Å². The Morgan fingerprint density at radius 3 is 2.95 bits per heavy atom. The number of amides is 1. The predicted octanol–water partition coefficient (Wildman–Crippen LogP) is 2.28. The van der Waals surface area contributed by atoms with Gasteiger partial charge in [-0.05, 0) is 24.6 Å². The first-order chi connectivity index (χ1) is 10.1. The van der Waals surface area contributed by atoms with Gasteiger partial charge in [0.15, 0.2) is 0 Å². The molecule has 2 heterocycles. The number of rotatable bonds is 4. The molecule has 1 aliphatic heterocycles. The van der Waals surface area contributed by atoms with Crippen molar-refractivity contribution in [2.24, 2.45) is 0 Å². The number of nitrogens with zero attached hydrogens (tertiary/aromatic N) is 2. The molecule has 0 saturated carbocycles. The summed E-state index contributed by atoms with van der Waals surface area (Å²) in [5.41, 5.74) is 4.62. The van der Waals surface area contributed by atoms with Crippen LogP contribution in [-0.4, -0.2) is 28.5 Å². The molecule has 0 fully saturated rings. The number of hydrogen-bond donors (Lipinski definition) is 1. The number of carboxylic acid groups (broad SMARTS) is 1. The molecule has 0 spiro atoms. The summed E-state index contributed by atoms with van der Waals surface area (Å²) in [4.78, 5) is 30.2. The van der Waals surface area contributed by atoms with E-state index in [2.05, 4.69) is 4.98 Å². The van der Waals surface area contributed by atoms with Crippen LogP contribution in [0.15, 0.2) is 23.7 Å². The second kappa shape index (κ2) is 5.29. The molecule has 0 unspecified atom stereocenters. The van der Waals surface area contributed by atoms with Crippen molar-refractivity contribution in [3.05, 3.63) is 45.4 Å². The van der Waals surface area contributed by atoms with Crippen molar-refractivity contribution in [2.75, 3.05) is 11.4 Å². The normalized spacial score (nSPS) is 13.6. The van der Waals surface area contributed by atoms with Gasteiger partial charge in [0.2, 0.25) is 5.91 Å². The summed E-state index contributed by atoms with van der Waals surface area (Å²) in [6, 6.07) is 4.86. The molecule has 2 aromatic rings. The molecule has 6 heteroatoms. The van der Waals surface area contributed by atoms with Gasteiger partial charge in [0.05, 0.1) is 23.2 Å². The average Bonchev–Trinajstić information content (AvgIpc) is 2.98. The summed E-state index contributed by atoms with van der Waals surface area (Å²) in [5, 5.41) is 9.07. The number of anilines is 1. The third kappa shape index (κ3) is 2.54. The zero-order valence-electron chi connectivity index (χ0n) is 11.5. The highest BCUT2D eigenvalue weighted by molar-refractivity contribution is 7.09. The maximum absolute atomic E-state index is 12.1. The lowest BCUT2D eigenvalue weighted by Gasteiger charge is -2.17. The maximum Gasteiger partial charge on any atom is 0.335 e. The van der Waals surface area contributed by atoms with Crippen LogP contribution in [-0.2, 0) is 17.6 Å². The molecule has 0 bridgehead atoms. The average molecular weight is 302 g/mol. The molecule has 108 valence electrons. The third-order valence-electron chi connectivity index (χ3n) is 3.67. The molecule has 21 heavy (non-hydrogen) atoms. The summed E-state index contributed by atoms with van der Waals surface area (Å²) in [6.07, 6.45) is 1.08. The van der Waals surface area contributed by atoms with Crippen molar-refractivity contribution in [2.45, 2.75) is 19.8 Å². The van der Waals surface area contributed by atoms with Crippen LogP contribution in [0.2, 0.25) is 0 Å². The fourth-order valence-electron chi connectivity index (χ4n) is 2.51. The van der Waals surface area contributed by atoms with Gasteiger partial charge in [0.1, 0.15) is 0 Å². The second-order valence-electron chi connectivity index (χ2n) is 4.98. The summed E-state index contributed by atoms with van der Waals surface area (Å²) in [7, 11) is 0. The van der Waals surface area contributed by atoms with Gasteiger partial charge >= 0.3 is 5.97 Å². The number of carbonyl (C=O) groups excluding carboxylic acids is 1. The van der Waals surface area contributed by atoms with E-state index in [0.717, 1.165) is 28.2 Å². The Labute approximate surface area is 125 Å². The van der Waals surface area contributed by atoms with Gasteiger partial charge in [-0.15, -0.1) is 11.3 Å². The lowest BCUT2D eigenvalue weighted by Crippen LogP contribution is -2.29. The Morgan fingerprint density at radius 1 is 1.48 bits per heavy atom. The van der Waals surface area contributed by atoms with Crippen molar-refractivity contribution in [3.8, 4) is 0 Å². The predicted molar refractivity (Wildman–Crippen MR) is 80.0 cm³/mol. The van der Waals surface area contributed by atoms with Gasteiger partial charge in [-0.1, -0.05) is 6.07 Å². The molecule has 0 radical (unpaired) electrons. The number of carboxylic acids is 1. The van der Waals surface area contributed by atoms with E-state index >= 15 is 0 Å². The largest absolute Gasteiger partial charge is 0.478 e. The molecule has 3 rings (SSSR count). The van der Waals surface area contributed by atoms with Crippen molar-refractivity contribution >= 4 is 28.9 Å². The van der Waals surface area contributed by atoms with Gasteiger partial charge < -0.3 is 10.0 Å². The quantitative estimate of drug-likeness (QED) is 0.940. The Morgan fingerprint density at radius 2 is 2.29 bits per heavy atom. The van der Waals surface area contributed by atoms with Crippen LogP contribution in [0.5, 0.6) is 0 Å². The Hall–Kier alpha value is -2.21. The van der Waals surface area contributed by atoms with Crippen LogP contribution < -0.4 is 4.90 Å². The van der Waals surface area contributed by atoms with E-state index in [4.69, 9.17) is 5.11 Å². The highest BCUT2D eigenvalue weighted by Crippen LogP contribution is 2.30. The van der Waals surface area contributed by atoms with E-state index < -0.39 is 5.97 Å². The van der Waals surface area contributed by atoms with Crippen LogP contribution in [0, 0.1) is 6.92 Å². The van der Waals surface area contributed by atoms with Crippen molar-refractivity contribution in [1.29, 1.82) is 0 Å². The summed E-state index contributed by atoms with van der Waals surface area (Å²) in [5.74, 6) is -0.954. The Kier molecular flexibility index (Phi) is 3.47. The molecule has 1 amide bonds. The van der Waals surface area contributed by atoms with Gasteiger partial charge in [-0.3, -0.25) is 4.79 Å². The number of hydrogen-bond acceptors (Lipinski definition) is 4. The molecule has 0 saturated heterocycles. The molecule has 1 aromatic carbocycles. The maximum atomic E-state index is 12.1. The van der Waals surface area contributed by atoms with Gasteiger partial charge in [-0.2, -0.15) is 0 Å². The Bertz CT molecular complexity index is 723. The fourth-order valence-corrected chi connectivity index (χ4v) is 3.29. The molecule has 1 aliphatic rings. The van der Waals surface area contributed by atoms with Crippen molar-refractivity contribution < 1.29 is 14.7 Å². The smallest absolute Gasteiger partial charge is 0.335 e. The zero-order valence-corrected chi connectivity index (χ0v) is 12.3. The molecule has 5 nitrogen and oxygen atoms in total. The highest BCUT2D eigenvalue weighted by Gasteiger charge is 2.28. The first kappa shape index (κ1) is 13.8. The monoisotopic (exact) mass is 302 g/mol. The van der Waals surface area contributed by atoms with E-state index in [0.29, 0.717) is 13.0 Å². The number of aryl methyl sites for hydroxylation is 1. The number of thiazole rings is 1. The molecule has 0 atom stereocenters. The lowest BCUT2D eigenvalue weighted by molar-refractivity contribution is -0.117. The number of aromatic carboxylic acids is 1. The summed E-state index contributed by atoms with van der Waals surface area (Å²) < 4.78 is 0. The standard InChI is InChI=1S/C15H14N2O3S/c1-9-13(21-8-16-9)4-5-17-12-6-11(15(19)20)3-2-10(12)7-14(17)18/h2-3,6,8H,4-5,7H2,1H3,(H,19,20). The number of benzene rings is 1. The first-order valence-electron chi connectivity index (χ1n) is 6.62. The van der Waals surface area contributed by atoms with Crippen molar-refractivity contribution in [1.82, 2.24) is 4.98 Å². The van der Waals surface area contributed by atoms with Gasteiger partial charge in [0.25, 0.3) is 0 Å². The van der Waals surface area contributed by atoms with Crippen LogP contribution in [0.4, 0.5) is 5.69 Å². The SMILES string of the molecule is Cc1ncsc1CCN1C(=O)Cc2ccc(C(=O)O)cc21. The van der Waals surface area contributed by atoms with Crippen molar-refractivity contribution in [3.63, 3.8) is 0 Å². The number of aromatic nitrogens is 1. The van der Waals surface area contributed by atoms with E-state index in [1.807, 2.05) is 6.92 Å². The molecule has 1 aromatic heterocycles. The minimum atomic E-state index is -0.976. The van der Waals surface area contributed by atoms with Crippen LogP contribution in [0.25, 0.3) is 0 Å². The lowest BCUT2D eigenvalue weighted by atomic mass is 10.1. The van der Waals surface area contributed by atoms with E-state index in [1.54, 1.807) is 39.9 Å². The fraction of sp³-hybridized carbons (Fsp3) is 0.267. The summed E-state index contributed by atoms with van der Waals surface area (Å²) >= 11 is 1.58. The third-order valence-corrected chi connectivity index (χ3v) is 4.67. The molecular weight excluding hydrogens is 288 g/mol. The minimum Gasteiger partial charge on any atom is -0.478 e. The zero-order chi connectivity index (χ0) is 15.0. The Balaban J connectivity index is 1.84. The van der Waals surface area contributed by atoms with Gasteiger partial charge in [-0.25, -0.2) is 9.78 Å². The van der Waals surface area contributed by atoms with Gasteiger partial charge in [0, 0.05) is 23.5 Å². The van der Waals surface area contributed by atoms with Crippen LogP contribution in [0.3, 0.4) is 0 Å².